The number of aromatic nitrogens is 2. The zero-order valence-electron chi connectivity index (χ0n) is 11.9. The predicted molar refractivity (Wildman–Crippen MR) is 72.6 cm³/mol. The summed E-state index contributed by atoms with van der Waals surface area (Å²) in [4.78, 5) is 24.3. The molecule has 2 amide bonds. The largest absolute Gasteiger partial charge is 0.480 e. The molecule has 0 aliphatic rings. The smallest absolute Gasteiger partial charge is 0.325 e. The molecule has 112 valence electrons. The first-order chi connectivity index (χ1) is 9.43. The first kappa shape index (κ1) is 16.0. The van der Waals surface area contributed by atoms with Crippen LogP contribution in [0.3, 0.4) is 0 Å². The second-order valence-corrected chi connectivity index (χ2v) is 4.53. The summed E-state index contributed by atoms with van der Waals surface area (Å²) < 4.78 is 6.21. The molecule has 20 heavy (non-hydrogen) atoms. The number of carbonyl (C=O) groups excluding carboxylic acids is 1. The van der Waals surface area contributed by atoms with E-state index >= 15 is 0 Å². The number of carboxylic acids is 1. The summed E-state index contributed by atoms with van der Waals surface area (Å²) in [5.41, 5.74) is 0.458. The molecule has 0 radical (unpaired) electrons. The van der Waals surface area contributed by atoms with E-state index in [1.165, 1.54) is 17.1 Å². The normalized spacial score (nSPS) is 10.6. The van der Waals surface area contributed by atoms with E-state index < -0.39 is 5.97 Å². The standard InChI is InChI=1S/C12H20N4O4/c1-9(2)16(4-5-20-3)12(19)14-10-6-13-15(7-10)8-11(17)18/h6-7,9H,4-5,8H2,1-3H3,(H,14,19)(H,17,18). The fourth-order valence-electron chi connectivity index (χ4n) is 1.63. The van der Waals surface area contributed by atoms with Crippen LogP contribution < -0.4 is 5.32 Å². The zero-order valence-corrected chi connectivity index (χ0v) is 11.9. The minimum atomic E-state index is -0.991. The van der Waals surface area contributed by atoms with Crippen LogP contribution in [0.15, 0.2) is 12.4 Å². The minimum Gasteiger partial charge on any atom is -0.480 e. The fourth-order valence-corrected chi connectivity index (χ4v) is 1.63. The van der Waals surface area contributed by atoms with Crippen LogP contribution in [0.4, 0.5) is 10.5 Å². The summed E-state index contributed by atoms with van der Waals surface area (Å²) in [7, 11) is 1.58. The van der Waals surface area contributed by atoms with Crippen molar-refractivity contribution < 1.29 is 19.4 Å². The van der Waals surface area contributed by atoms with Crippen LogP contribution in [0.2, 0.25) is 0 Å². The number of anilines is 1. The Morgan fingerprint density at radius 3 is 2.80 bits per heavy atom. The fraction of sp³-hybridized carbons (Fsp3) is 0.583. The van der Waals surface area contributed by atoms with E-state index in [4.69, 9.17) is 9.84 Å². The van der Waals surface area contributed by atoms with Crippen molar-refractivity contribution >= 4 is 17.7 Å². The lowest BCUT2D eigenvalue weighted by molar-refractivity contribution is -0.137. The molecule has 0 aliphatic heterocycles. The second-order valence-electron chi connectivity index (χ2n) is 4.53. The lowest BCUT2D eigenvalue weighted by Gasteiger charge is -2.26. The molecule has 1 aromatic rings. The van der Waals surface area contributed by atoms with Crippen molar-refractivity contribution in [3.8, 4) is 0 Å². The van der Waals surface area contributed by atoms with Crippen LogP contribution in [0.25, 0.3) is 0 Å². The third-order valence-electron chi connectivity index (χ3n) is 2.60. The van der Waals surface area contributed by atoms with Gasteiger partial charge in [0.15, 0.2) is 0 Å². The molecule has 0 atom stereocenters. The lowest BCUT2D eigenvalue weighted by atomic mass is 10.3. The zero-order chi connectivity index (χ0) is 15.1. The highest BCUT2D eigenvalue weighted by molar-refractivity contribution is 5.89. The highest BCUT2D eigenvalue weighted by Crippen LogP contribution is 2.08. The van der Waals surface area contributed by atoms with Gasteiger partial charge in [-0.05, 0) is 13.8 Å². The van der Waals surface area contributed by atoms with Crippen molar-refractivity contribution in [1.82, 2.24) is 14.7 Å². The molecule has 0 bridgehead atoms. The summed E-state index contributed by atoms with van der Waals surface area (Å²) in [5.74, 6) is -0.991. The number of ether oxygens (including phenoxy) is 1. The monoisotopic (exact) mass is 284 g/mol. The maximum absolute atomic E-state index is 12.1. The Bertz CT molecular complexity index is 458. The molecule has 0 saturated carbocycles. The first-order valence-electron chi connectivity index (χ1n) is 6.25. The van der Waals surface area contributed by atoms with Crippen molar-refractivity contribution in [2.75, 3.05) is 25.6 Å². The molecular formula is C12H20N4O4. The van der Waals surface area contributed by atoms with Gasteiger partial charge in [-0.2, -0.15) is 5.10 Å². The minimum absolute atomic E-state index is 0.0271. The Hall–Kier alpha value is -2.09. The number of nitrogens with one attached hydrogen (secondary N) is 1. The number of hydrogen-bond donors (Lipinski definition) is 2. The van der Waals surface area contributed by atoms with Gasteiger partial charge in [-0.15, -0.1) is 0 Å². The van der Waals surface area contributed by atoms with Gasteiger partial charge in [0.2, 0.25) is 0 Å². The van der Waals surface area contributed by atoms with Crippen molar-refractivity contribution in [2.45, 2.75) is 26.4 Å². The second kappa shape index (κ2) is 7.49. The summed E-state index contributed by atoms with van der Waals surface area (Å²) >= 11 is 0. The number of aliphatic carboxylic acids is 1. The number of urea groups is 1. The Balaban J connectivity index is 2.63. The molecule has 0 aliphatic carbocycles. The Kier molecular flexibility index (Phi) is 5.98. The van der Waals surface area contributed by atoms with E-state index in [2.05, 4.69) is 10.4 Å². The van der Waals surface area contributed by atoms with Gasteiger partial charge >= 0.3 is 12.0 Å². The van der Waals surface area contributed by atoms with Crippen LogP contribution in [0.1, 0.15) is 13.8 Å². The molecule has 1 heterocycles. The van der Waals surface area contributed by atoms with Gasteiger partial charge in [-0.25, -0.2) is 4.79 Å². The molecule has 0 saturated heterocycles. The third-order valence-corrected chi connectivity index (χ3v) is 2.60. The van der Waals surface area contributed by atoms with Gasteiger partial charge in [-0.1, -0.05) is 0 Å². The van der Waals surface area contributed by atoms with Crippen molar-refractivity contribution in [3.63, 3.8) is 0 Å². The van der Waals surface area contributed by atoms with E-state index in [0.29, 0.717) is 18.8 Å². The van der Waals surface area contributed by atoms with Crippen LogP contribution in [-0.2, 0) is 16.1 Å². The molecule has 0 aromatic carbocycles. The maximum Gasteiger partial charge on any atom is 0.325 e. The quantitative estimate of drug-likeness (QED) is 0.774. The number of rotatable bonds is 7. The maximum atomic E-state index is 12.1. The highest BCUT2D eigenvalue weighted by atomic mass is 16.5. The molecular weight excluding hydrogens is 264 g/mol. The highest BCUT2D eigenvalue weighted by Gasteiger charge is 2.17. The van der Waals surface area contributed by atoms with Crippen molar-refractivity contribution in [1.29, 1.82) is 0 Å². The van der Waals surface area contributed by atoms with Gasteiger partial charge in [0.05, 0.1) is 18.5 Å². The molecule has 8 heteroatoms. The molecule has 1 rings (SSSR count). The van der Waals surface area contributed by atoms with Gasteiger partial charge in [-0.3, -0.25) is 9.48 Å². The first-order valence-corrected chi connectivity index (χ1v) is 6.25. The van der Waals surface area contributed by atoms with Crippen molar-refractivity contribution in [3.05, 3.63) is 12.4 Å². The van der Waals surface area contributed by atoms with Crippen molar-refractivity contribution in [2.24, 2.45) is 0 Å². The average Bonchev–Trinajstić information content (AvgIpc) is 2.75. The van der Waals surface area contributed by atoms with Gasteiger partial charge in [0, 0.05) is 25.9 Å². The topological polar surface area (TPSA) is 96.7 Å². The van der Waals surface area contributed by atoms with Crippen LogP contribution in [-0.4, -0.2) is 58.1 Å². The number of hydrogen-bond acceptors (Lipinski definition) is 4. The van der Waals surface area contributed by atoms with Crippen LogP contribution in [0.5, 0.6) is 0 Å². The number of methoxy groups -OCH3 is 1. The number of carboxylic acid groups (broad SMARTS) is 1. The Labute approximate surface area is 117 Å². The summed E-state index contributed by atoms with van der Waals surface area (Å²) in [6.45, 7) is 4.49. The SMILES string of the molecule is COCCN(C(=O)Nc1cnn(CC(=O)O)c1)C(C)C. The van der Waals surface area contributed by atoms with E-state index in [1.54, 1.807) is 12.0 Å². The molecule has 0 unspecified atom stereocenters. The van der Waals surface area contributed by atoms with Gasteiger partial charge < -0.3 is 20.1 Å². The van der Waals surface area contributed by atoms with E-state index in [1.807, 2.05) is 13.8 Å². The van der Waals surface area contributed by atoms with Gasteiger partial charge in [0.25, 0.3) is 0 Å². The molecule has 0 fully saturated rings. The van der Waals surface area contributed by atoms with E-state index in [-0.39, 0.29) is 18.6 Å². The summed E-state index contributed by atoms with van der Waals surface area (Å²) in [5, 5.41) is 15.2. The summed E-state index contributed by atoms with van der Waals surface area (Å²) in [6.07, 6.45) is 2.89. The van der Waals surface area contributed by atoms with E-state index in [0.717, 1.165) is 0 Å². The lowest BCUT2D eigenvalue weighted by Crippen LogP contribution is -2.41. The molecule has 8 nitrogen and oxygen atoms in total. The Morgan fingerprint density at radius 1 is 1.55 bits per heavy atom. The predicted octanol–water partition coefficient (Wildman–Crippen LogP) is 0.856. The molecule has 2 N–H and O–H groups in total. The molecule has 0 spiro atoms. The number of carbonyl (C=O) groups is 2. The van der Waals surface area contributed by atoms with E-state index in [9.17, 15) is 9.59 Å². The third kappa shape index (κ3) is 4.88. The van der Waals surface area contributed by atoms with Gasteiger partial charge in [0.1, 0.15) is 6.54 Å². The van der Waals surface area contributed by atoms with Crippen LogP contribution in [0, 0.1) is 0 Å². The summed E-state index contributed by atoms with van der Waals surface area (Å²) in [6, 6.07) is -0.244. The number of amides is 2. The molecule has 1 aromatic heterocycles. The number of nitrogens with zero attached hydrogens (tertiary/aromatic N) is 3. The Morgan fingerprint density at radius 2 is 2.25 bits per heavy atom. The average molecular weight is 284 g/mol. The van der Waals surface area contributed by atoms with Crippen LogP contribution >= 0.6 is 0 Å².